The molecule has 0 fully saturated rings. The topological polar surface area (TPSA) is 9.23 Å². The molecule has 0 aliphatic heterocycles. The summed E-state index contributed by atoms with van der Waals surface area (Å²) >= 11 is 3.96. The van der Waals surface area contributed by atoms with Crippen LogP contribution in [0.5, 0.6) is 0 Å². The molecule has 1 aliphatic carbocycles. The lowest BCUT2D eigenvalue weighted by molar-refractivity contribution is 0.129. The molecule has 92 valence electrons. The minimum absolute atomic E-state index is 0.525. The number of hydrogen-bond acceptors (Lipinski definition) is 3. The molecular formula is C13H22OS2. The average Bonchev–Trinajstić information content (AvgIpc) is 3.10. The summed E-state index contributed by atoms with van der Waals surface area (Å²) in [7, 11) is 0. The zero-order valence-electron chi connectivity index (χ0n) is 10.2. The maximum atomic E-state index is 5.59. The van der Waals surface area contributed by atoms with Crippen molar-refractivity contribution in [1.82, 2.24) is 0 Å². The molecule has 0 unspecified atom stereocenters. The summed E-state index contributed by atoms with van der Waals surface area (Å²) in [5.74, 6) is 9.85. The second-order valence-electron chi connectivity index (χ2n) is 3.76. The van der Waals surface area contributed by atoms with Gasteiger partial charge in [0.05, 0.1) is 0 Å². The first kappa shape index (κ1) is 14.3. The van der Waals surface area contributed by atoms with Gasteiger partial charge in [0.15, 0.2) is 0 Å². The molecule has 0 N–H and O–H groups in total. The van der Waals surface area contributed by atoms with Crippen LogP contribution in [0.2, 0.25) is 0 Å². The van der Waals surface area contributed by atoms with Crippen molar-refractivity contribution in [2.24, 2.45) is 0 Å². The fraction of sp³-hybridized carbons (Fsp3) is 0.846. The number of ether oxygens (including phenoxy) is 1. The number of unbranched alkanes of at least 4 members (excludes halogenated alkanes) is 2. The molecule has 0 bridgehead atoms. The van der Waals surface area contributed by atoms with Gasteiger partial charge in [0.2, 0.25) is 0 Å². The van der Waals surface area contributed by atoms with Gasteiger partial charge in [-0.1, -0.05) is 18.8 Å². The number of rotatable bonds is 12. The van der Waals surface area contributed by atoms with E-state index in [-0.39, 0.29) is 0 Å². The third kappa shape index (κ3) is 9.45. The molecule has 3 heteroatoms. The van der Waals surface area contributed by atoms with Gasteiger partial charge in [0.25, 0.3) is 0 Å². The first-order valence-electron chi connectivity index (χ1n) is 6.21. The predicted octanol–water partition coefficient (Wildman–Crippen LogP) is 3.44. The average molecular weight is 258 g/mol. The summed E-state index contributed by atoms with van der Waals surface area (Å²) in [6.45, 7) is 4.10. The van der Waals surface area contributed by atoms with Crippen LogP contribution in [0.15, 0.2) is 0 Å². The van der Waals surface area contributed by atoms with Crippen LogP contribution in [0.3, 0.4) is 0 Å². The number of hydrogen-bond donors (Lipinski definition) is 0. The van der Waals surface area contributed by atoms with E-state index >= 15 is 0 Å². The summed E-state index contributed by atoms with van der Waals surface area (Å²) in [4.78, 5) is 0. The molecule has 0 atom stereocenters. The summed E-state index contributed by atoms with van der Waals surface area (Å²) in [6, 6.07) is 0. The Morgan fingerprint density at radius 2 is 1.69 bits per heavy atom. The van der Waals surface area contributed by atoms with Crippen molar-refractivity contribution in [2.45, 2.75) is 37.9 Å². The van der Waals surface area contributed by atoms with Gasteiger partial charge in [-0.3, -0.25) is 0 Å². The van der Waals surface area contributed by atoms with Crippen molar-refractivity contribution in [3.63, 3.8) is 0 Å². The van der Waals surface area contributed by atoms with Gasteiger partial charge >= 0.3 is 0 Å². The van der Waals surface area contributed by atoms with Gasteiger partial charge in [0.1, 0.15) is 5.25 Å². The zero-order chi connectivity index (χ0) is 11.5. The normalized spacial score (nSPS) is 13.6. The molecule has 16 heavy (non-hydrogen) atoms. The molecule has 0 aromatic carbocycles. The van der Waals surface area contributed by atoms with Crippen LogP contribution in [0, 0.1) is 11.8 Å². The van der Waals surface area contributed by atoms with Crippen LogP contribution in [0.1, 0.15) is 32.6 Å². The van der Waals surface area contributed by atoms with E-state index < -0.39 is 0 Å². The van der Waals surface area contributed by atoms with Crippen LogP contribution in [-0.4, -0.2) is 35.7 Å². The second kappa shape index (κ2) is 10.4. The zero-order valence-corrected chi connectivity index (χ0v) is 11.8. The summed E-state index contributed by atoms with van der Waals surface area (Å²) in [5.41, 5.74) is 0. The van der Waals surface area contributed by atoms with Gasteiger partial charge in [-0.15, -0.1) is 11.8 Å². The highest BCUT2D eigenvalue weighted by molar-refractivity contribution is 8.00. The summed E-state index contributed by atoms with van der Waals surface area (Å²) < 4.78 is 5.59. The van der Waals surface area contributed by atoms with E-state index in [4.69, 9.17) is 4.74 Å². The van der Waals surface area contributed by atoms with Crippen molar-refractivity contribution in [3.05, 3.63) is 0 Å². The second-order valence-corrected chi connectivity index (χ2v) is 6.37. The van der Waals surface area contributed by atoms with Gasteiger partial charge in [-0.2, -0.15) is 11.8 Å². The molecular weight excluding hydrogens is 236 g/mol. The Labute approximate surface area is 108 Å². The smallest absolute Gasteiger partial charge is 0.126 e. The van der Waals surface area contributed by atoms with E-state index in [2.05, 4.69) is 18.8 Å². The highest BCUT2D eigenvalue weighted by Gasteiger charge is 2.08. The van der Waals surface area contributed by atoms with Gasteiger partial charge < -0.3 is 4.74 Å². The standard InChI is InChI=1S/C13H22OS2/c1-2-15-11-5-3-9-14-10-4-6-12-16-13-7-8-13/h13H,2-6,9-12H2,1H3. The Kier molecular flexibility index (Phi) is 9.26. The van der Waals surface area contributed by atoms with E-state index in [0.717, 1.165) is 13.2 Å². The molecule has 0 saturated heterocycles. The van der Waals surface area contributed by atoms with Crippen LogP contribution in [-0.2, 0) is 4.74 Å². The molecule has 1 rings (SSSR count). The van der Waals surface area contributed by atoms with Crippen molar-refractivity contribution < 1.29 is 4.74 Å². The summed E-state index contributed by atoms with van der Waals surface area (Å²) in [5, 5.41) is 0.525. The molecule has 1 aliphatic rings. The van der Waals surface area contributed by atoms with Crippen molar-refractivity contribution in [1.29, 1.82) is 0 Å². The molecule has 1 nitrogen and oxygen atoms in total. The fourth-order valence-electron chi connectivity index (χ4n) is 1.28. The fourth-order valence-corrected chi connectivity index (χ4v) is 2.82. The van der Waals surface area contributed by atoms with Crippen molar-refractivity contribution in [2.75, 3.05) is 30.5 Å². The molecule has 0 aromatic rings. The Bertz CT molecular complexity index is 212. The Hall–Kier alpha value is 0.220. The van der Waals surface area contributed by atoms with Gasteiger partial charge in [-0.25, -0.2) is 0 Å². The highest BCUT2D eigenvalue weighted by atomic mass is 32.2. The third-order valence-corrected chi connectivity index (χ3v) is 4.34. The molecule has 0 saturated carbocycles. The Morgan fingerprint density at radius 1 is 1.00 bits per heavy atom. The van der Waals surface area contributed by atoms with Crippen LogP contribution in [0.25, 0.3) is 0 Å². The van der Waals surface area contributed by atoms with Crippen molar-refractivity contribution >= 4 is 23.5 Å². The SMILES string of the molecule is CCSCCCCOCCCCSC1C#C1. The highest BCUT2D eigenvalue weighted by Crippen LogP contribution is 2.17. The Balaban J connectivity index is 1.61. The third-order valence-electron chi connectivity index (χ3n) is 2.26. The van der Waals surface area contributed by atoms with E-state index in [9.17, 15) is 0 Å². The molecule has 0 spiro atoms. The van der Waals surface area contributed by atoms with Crippen LogP contribution < -0.4 is 0 Å². The molecule has 0 radical (unpaired) electrons. The minimum Gasteiger partial charge on any atom is -0.381 e. The maximum Gasteiger partial charge on any atom is 0.126 e. The predicted molar refractivity (Wildman–Crippen MR) is 76.3 cm³/mol. The van der Waals surface area contributed by atoms with Crippen molar-refractivity contribution in [3.8, 4) is 11.8 Å². The molecule has 0 heterocycles. The first-order valence-corrected chi connectivity index (χ1v) is 8.42. The maximum absolute atomic E-state index is 5.59. The Morgan fingerprint density at radius 3 is 2.31 bits per heavy atom. The molecule has 0 aromatic heterocycles. The van der Waals surface area contributed by atoms with Crippen LogP contribution >= 0.6 is 23.5 Å². The largest absolute Gasteiger partial charge is 0.381 e. The minimum atomic E-state index is 0.525. The lowest BCUT2D eigenvalue weighted by Gasteiger charge is -2.04. The molecule has 0 amide bonds. The monoisotopic (exact) mass is 258 g/mol. The lowest BCUT2D eigenvalue weighted by Crippen LogP contribution is -1.98. The summed E-state index contributed by atoms with van der Waals surface area (Å²) in [6.07, 6.45) is 4.98. The van der Waals surface area contributed by atoms with E-state index in [1.165, 1.54) is 42.9 Å². The van der Waals surface area contributed by atoms with E-state index in [1.54, 1.807) is 0 Å². The van der Waals surface area contributed by atoms with E-state index in [0.29, 0.717) is 5.25 Å². The van der Waals surface area contributed by atoms with Crippen LogP contribution in [0.4, 0.5) is 0 Å². The first-order chi connectivity index (χ1) is 7.93. The van der Waals surface area contributed by atoms with Gasteiger partial charge in [-0.05, 0) is 42.9 Å². The lowest BCUT2D eigenvalue weighted by atomic mass is 10.3. The quantitative estimate of drug-likeness (QED) is 0.392. The number of thioether (sulfide) groups is 2. The van der Waals surface area contributed by atoms with Gasteiger partial charge in [0, 0.05) is 13.2 Å². The van der Waals surface area contributed by atoms with E-state index in [1.807, 2.05) is 23.5 Å².